The maximum Gasteiger partial charge on any atom is 0.394 e. The number of nitriles is 1. The third kappa shape index (κ3) is 168. The van der Waals surface area contributed by atoms with Crippen LogP contribution in [0.1, 0.15) is 0 Å². The molecule has 0 atom stereocenters. The van der Waals surface area contributed by atoms with Gasteiger partial charge in [-0.1, -0.05) is 0 Å². The monoisotopic (exact) mass is 168 g/mol. The lowest BCUT2D eigenvalue weighted by atomic mass is 10.7. The van der Waals surface area contributed by atoms with E-state index in [9.17, 15) is 0 Å². The molecule has 0 aromatic carbocycles. The molecule has 0 bridgehead atoms. The zero-order valence-electron chi connectivity index (χ0n) is 5.27. The average Bonchev–Trinajstić information content (AvgIpc) is 1.63. The fourth-order valence-electron chi connectivity index (χ4n) is 0.0791. The molecule has 0 radical (unpaired) electrons. The third-order valence-electron chi connectivity index (χ3n) is 0.256. The second-order valence-electron chi connectivity index (χ2n) is 1.14. The lowest BCUT2D eigenvalue weighted by molar-refractivity contribution is 0.381. The minimum Gasteiger partial charge on any atom is -0.308 e. The van der Waals surface area contributed by atoms with Gasteiger partial charge in [0.1, 0.15) is 0 Å². The van der Waals surface area contributed by atoms with E-state index in [-0.39, 0.29) is 0 Å². The van der Waals surface area contributed by atoms with E-state index in [2.05, 4.69) is 5.32 Å². The van der Waals surface area contributed by atoms with E-state index in [0.29, 0.717) is 6.54 Å². The molecule has 0 aromatic heterocycles. The Hall–Kier alpha value is -0.680. The predicted molar refractivity (Wildman–Crippen MR) is 33.7 cm³/mol. The Morgan fingerprint density at radius 1 is 1.60 bits per heavy atom. The first-order valence-electron chi connectivity index (χ1n) is 2.13. The highest BCUT2D eigenvalue weighted by Gasteiger charge is 1.84. The van der Waals surface area contributed by atoms with Crippen molar-refractivity contribution in [3.8, 4) is 6.07 Å². The van der Waals surface area contributed by atoms with Gasteiger partial charge in [0.25, 0.3) is 0 Å². The Balaban J connectivity index is 0. The van der Waals surface area contributed by atoms with E-state index in [1.165, 1.54) is 0 Å². The molecule has 0 saturated carbocycles. The van der Waals surface area contributed by atoms with Crippen LogP contribution in [0.4, 0.5) is 0 Å². The Morgan fingerprint density at radius 3 is 1.90 bits per heavy atom. The van der Waals surface area contributed by atoms with Gasteiger partial charge in [-0.15, -0.1) is 0 Å². The second-order valence-corrected chi connectivity index (χ2v) is 2.03. The molecule has 0 saturated heterocycles. The molecule has 60 valence electrons. The van der Waals surface area contributed by atoms with Gasteiger partial charge >= 0.3 is 10.4 Å². The summed E-state index contributed by atoms with van der Waals surface area (Å²) in [6.45, 7) is 0.444. The third-order valence-corrected chi connectivity index (χ3v) is 0.256. The van der Waals surface area contributed by atoms with Crippen molar-refractivity contribution in [3.05, 3.63) is 0 Å². The van der Waals surface area contributed by atoms with Crippen molar-refractivity contribution in [3.63, 3.8) is 0 Å². The highest BCUT2D eigenvalue weighted by Crippen LogP contribution is 1.59. The molecule has 0 aliphatic carbocycles. The molecule has 0 heterocycles. The van der Waals surface area contributed by atoms with E-state index in [0.717, 1.165) is 0 Å². The van der Waals surface area contributed by atoms with Crippen LogP contribution in [0.25, 0.3) is 0 Å². The Bertz CT molecular complexity index is 183. The van der Waals surface area contributed by atoms with Gasteiger partial charge in [0, 0.05) is 0 Å². The largest absolute Gasteiger partial charge is 0.394 e. The lowest BCUT2D eigenvalue weighted by Crippen LogP contribution is -2.03. The first-order valence-corrected chi connectivity index (χ1v) is 3.53. The van der Waals surface area contributed by atoms with Gasteiger partial charge in [0.2, 0.25) is 0 Å². The van der Waals surface area contributed by atoms with Crippen LogP contribution >= 0.6 is 0 Å². The van der Waals surface area contributed by atoms with E-state index in [4.69, 9.17) is 22.8 Å². The van der Waals surface area contributed by atoms with E-state index < -0.39 is 10.4 Å². The molecule has 0 amide bonds. The molecular weight excluding hydrogens is 160 g/mol. The zero-order valence-corrected chi connectivity index (χ0v) is 6.09. The number of rotatable bonds is 1. The summed E-state index contributed by atoms with van der Waals surface area (Å²) in [5.74, 6) is 0. The van der Waals surface area contributed by atoms with Crippen molar-refractivity contribution < 1.29 is 17.5 Å². The Kier molecular flexibility index (Phi) is 7.75. The highest BCUT2D eigenvalue weighted by molar-refractivity contribution is 7.79. The van der Waals surface area contributed by atoms with Crippen molar-refractivity contribution in [2.45, 2.75) is 0 Å². The van der Waals surface area contributed by atoms with Crippen molar-refractivity contribution >= 4 is 10.4 Å². The molecule has 0 aliphatic rings. The Morgan fingerprint density at radius 2 is 1.90 bits per heavy atom. The van der Waals surface area contributed by atoms with E-state index in [1.54, 1.807) is 7.05 Å². The summed E-state index contributed by atoms with van der Waals surface area (Å²) < 4.78 is 31.6. The molecule has 0 rings (SSSR count). The van der Waals surface area contributed by atoms with Crippen molar-refractivity contribution in [1.29, 1.82) is 5.26 Å². The van der Waals surface area contributed by atoms with Gasteiger partial charge in [-0.25, -0.2) is 0 Å². The van der Waals surface area contributed by atoms with Gasteiger partial charge in [-0.05, 0) is 7.05 Å². The van der Waals surface area contributed by atoms with Crippen molar-refractivity contribution in [2.24, 2.45) is 0 Å². The maximum absolute atomic E-state index is 8.74. The molecule has 0 aromatic rings. The molecule has 3 N–H and O–H groups in total. The summed E-state index contributed by atoms with van der Waals surface area (Å²) in [5.41, 5.74) is 0. The van der Waals surface area contributed by atoms with Crippen molar-refractivity contribution in [2.75, 3.05) is 13.6 Å². The molecule has 0 aliphatic heterocycles. The molecule has 0 fully saturated rings. The van der Waals surface area contributed by atoms with Gasteiger partial charge in [0.15, 0.2) is 0 Å². The SMILES string of the molecule is CNCC#N.O=S(=O)(O)O. The quantitative estimate of drug-likeness (QED) is 0.345. The van der Waals surface area contributed by atoms with Crippen LogP contribution in [0.3, 0.4) is 0 Å². The minimum absolute atomic E-state index is 0.444. The highest BCUT2D eigenvalue weighted by atomic mass is 32.3. The van der Waals surface area contributed by atoms with Crippen LogP contribution in [0.2, 0.25) is 0 Å². The van der Waals surface area contributed by atoms with Crippen LogP contribution in [0, 0.1) is 11.3 Å². The number of nitrogens with zero attached hydrogens (tertiary/aromatic N) is 1. The summed E-state index contributed by atoms with van der Waals surface area (Å²) in [7, 11) is -2.93. The first-order chi connectivity index (χ1) is 4.41. The smallest absolute Gasteiger partial charge is 0.308 e. The van der Waals surface area contributed by atoms with E-state index >= 15 is 0 Å². The van der Waals surface area contributed by atoms with Crippen LogP contribution in [0.5, 0.6) is 0 Å². The fourth-order valence-corrected chi connectivity index (χ4v) is 0.0791. The van der Waals surface area contributed by atoms with E-state index in [1.807, 2.05) is 6.07 Å². The first kappa shape index (κ1) is 12.0. The topological polar surface area (TPSA) is 110 Å². The molecule has 0 unspecified atom stereocenters. The van der Waals surface area contributed by atoms with Crippen LogP contribution in [-0.2, 0) is 10.4 Å². The molecule has 6 nitrogen and oxygen atoms in total. The predicted octanol–water partition coefficient (Wildman–Crippen LogP) is -0.923. The molecule has 7 heteroatoms. The summed E-state index contributed by atoms with van der Waals surface area (Å²) in [5, 5.41) is 10.4. The standard InChI is InChI=1S/C3H6N2.H2O4S/c1-5-3-2-4;1-5(2,3)4/h5H,3H2,1H3;(H2,1,2,3,4). The fraction of sp³-hybridized carbons (Fsp3) is 0.667. The lowest BCUT2D eigenvalue weighted by Gasteiger charge is -1.73. The summed E-state index contributed by atoms with van der Waals surface area (Å²) >= 11 is 0. The van der Waals surface area contributed by atoms with Gasteiger partial charge in [0.05, 0.1) is 12.6 Å². The molecule has 10 heavy (non-hydrogen) atoms. The van der Waals surface area contributed by atoms with Gasteiger partial charge < -0.3 is 5.32 Å². The minimum atomic E-state index is -4.67. The summed E-state index contributed by atoms with van der Waals surface area (Å²) in [4.78, 5) is 0. The Labute approximate surface area is 59.0 Å². The summed E-state index contributed by atoms with van der Waals surface area (Å²) in [6, 6.07) is 1.91. The number of hydrogen-bond acceptors (Lipinski definition) is 4. The second kappa shape index (κ2) is 6.44. The maximum atomic E-state index is 8.74. The number of hydrogen-bond donors (Lipinski definition) is 3. The normalized spacial score (nSPS) is 9.00. The van der Waals surface area contributed by atoms with Crippen molar-refractivity contribution in [1.82, 2.24) is 5.32 Å². The number of nitrogens with one attached hydrogen (secondary N) is 1. The zero-order chi connectivity index (χ0) is 8.62. The van der Waals surface area contributed by atoms with Gasteiger partial charge in [-0.2, -0.15) is 13.7 Å². The molecule has 0 spiro atoms. The molecular formula is C3H8N2O4S. The summed E-state index contributed by atoms with van der Waals surface area (Å²) in [6.07, 6.45) is 0. The van der Waals surface area contributed by atoms with Crippen LogP contribution in [-0.4, -0.2) is 31.1 Å². The van der Waals surface area contributed by atoms with Gasteiger partial charge in [-0.3, -0.25) is 9.11 Å². The van der Waals surface area contributed by atoms with Crippen LogP contribution in [0.15, 0.2) is 0 Å². The average molecular weight is 168 g/mol. The van der Waals surface area contributed by atoms with Crippen LogP contribution < -0.4 is 5.32 Å².